The van der Waals surface area contributed by atoms with Crippen LogP contribution in [0, 0.1) is 0 Å². The average Bonchev–Trinajstić information content (AvgIpc) is 3.02. The first kappa shape index (κ1) is 11.8. The molecular weight excluding hydrogens is 264 g/mol. The number of hydrogen-bond donors (Lipinski definition) is 0. The fourth-order valence-electron chi connectivity index (χ4n) is 2.60. The highest BCUT2D eigenvalue weighted by molar-refractivity contribution is 5.78. The van der Waals surface area contributed by atoms with Crippen LogP contribution in [0.25, 0.3) is 16.6 Å². The number of aromatic nitrogens is 4. The Kier molecular flexibility index (Phi) is 2.57. The molecule has 0 N–H and O–H groups in total. The molecule has 0 fully saturated rings. The van der Waals surface area contributed by atoms with Gasteiger partial charge >= 0.3 is 0 Å². The van der Waals surface area contributed by atoms with Crippen LogP contribution in [0.15, 0.2) is 66.0 Å². The molecule has 0 amide bonds. The Morgan fingerprint density at radius 2 is 1.76 bits per heavy atom. The normalized spacial score (nSPS) is 11.2. The molecule has 3 aromatic heterocycles. The summed E-state index contributed by atoms with van der Waals surface area (Å²) in [5, 5.41) is 0. The van der Waals surface area contributed by atoms with Gasteiger partial charge < -0.3 is 0 Å². The van der Waals surface area contributed by atoms with Crippen molar-refractivity contribution in [1.82, 2.24) is 18.9 Å². The number of benzene rings is 1. The van der Waals surface area contributed by atoms with E-state index in [-0.39, 0.29) is 5.56 Å². The van der Waals surface area contributed by atoms with E-state index in [1.54, 1.807) is 23.3 Å². The first-order chi connectivity index (χ1) is 10.3. The Hall–Kier alpha value is -2.95. The lowest BCUT2D eigenvalue weighted by Gasteiger charge is -2.11. The van der Waals surface area contributed by atoms with Crippen molar-refractivity contribution in [3.05, 3.63) is 77.2 Å². The molecule has 0 spiro atoms. The van der Waals surface area contributed by atoms with E-state index in [9.17, 15) is 4.79 Å². The van der Waals surface area contributed by atoms with Gasteiger partial charge in [-0.3, -0.25) is 18.7 Å². The Morgan fingerprint density at radius 3 is 2.57 bits per heavy atom. The van der Waals surface area contributed by atoms with E-state index in [2.05, 4.69) is 9.97 Å². The van der Waals surface area contributed by atoms with Crippen LogP contribution in [0.1, 0.15) is 5.69 Å². The molecule has 0 aliphatic carbocycles. The van der Waals surface area contributed by atoms with Crippen molar-refractivity contribution in [2.75, 3.05) is 0 Å². The van der Waals surface area contributed by atoms with Crippen molar-refractivity contribution in [3.8, 4) is 0 Å². The highest BCUT2D eigenvalue weighted by Crippen LogP contribution is 2.14. The van der Waals surface area contributed by atoms with Gasteiger partial charge in [-0.2, -0.15) is 0 Å². The van der Waals surface area contributed by atoms with Crippen molar-refractivity contribution >= 4 is 16.6 Å². The summed E-state index contributed by atoms with van der Waals surface area (Å²) in [5.74, 6) is 0. The second-order valence-electron chi connectivity index (χ2n) is 4.85. The first-order valence-electron chi connectivity index (χ1n) is 6.68. The van der Waals surface area contributed by atoms with Crippen LogP contribution in [-0.2, 0) is 6.54 Å². The first-order valence-corrected chi connectivity index (χ1v) is 6.68. The van der Waals surface area contributed by atoms with Crippen LogP contribution in [0.4, 0.5) is 0 Å². The molecule has 102 valence electrons. The fourth-order valence-corrected chi connectivity index (χ4v) is 2.60. The molecule has 0 bridgehead atoms. The summed E-state index contributed by atoms with van der Waals surface area (Å²) in [7, 11) is 0. The molecule has 0 aliphatic rings. The summed E-state index contributed by atoms with van der Waals surface area (Å²) >= 11 is 0. The number of nitrogens with zero attached hydrogens (tertiary/aromatic N) is 4. The third kappa shape index (κ3) is 1.82. The third-order valence-electron chi connectivity index (χ3n) is 3.58. The number of fused-ring (bicyclic) bond motifs is 3. The van der Waals surface area contributed by atoms with Crippen LogP contribution in [0.2, 0.25) is 0 Å². The van der Waals surface area contributed by atoms with E-state index in [1.165, 1.54) is 0 Å². The third-order valence-corrected chi connectivity index (χ3v) is 3.58. The van der Waals surface area contributed by atoms with E-state index >= 15 is 0 Å². The van der Waals surface area contributed by atoms with Crippen LogP contribution in [0.5, 0.6) is 0 Å². The fraction of sp³-hybridized carbons (Fsp3) is 0.0625. The number of imidazole rings is 1. The lowest BCUT2D eigenvalue weighted by molar-refractivity contribution is 0.770. The van der Waals surface area contributed by atoms with Crippen molar-refractivity contribution in [2.45, 2.75) is 6.54 Å². The predicted octanol–water partition coefficient (Wildman–Crippen LogP) is 2.09. The Labute approximate surface area is 120 Å². The maximum absolute atomic E-state index is 12.7. The van der Waals surface area contributed by atoms with Gasteiger partial charge in [-0.15, -0.1) is 0 Å². The van der Waals surface area contributed by atoms with Crippen molar-refractivity contribution in [2.24, 2.45) is 0 Å². The monoisotopic (exact) mass is 276 g/mol. The predicted molar refractivity (Wildman–Crippen MR) is 80.3 cm³/mol. The summed E-state index contributed by atoms with van der Waals surface area (Å²) in [5.41, 5.74) is 3.20. The van der Waals surface area contributed by atoms with E-state index < -0.39 is 0 Å². The lowest BCUT2D eigenvalue weighted by Crippen LogP contribution is -2.23. The Morgan fingerprint density at radius 1 is 0.952 bits per heavy atom. The highest BCUT2D eigenvalue weighted by Gasteiger charge is 2.11. The molecule has 0 saturated carbocycles. The zero-order valence-corrected chi connectivity index (χ0v) is 11.2. The number of para-hydroxylation sites is 2. The minimum absolute atomic E-state index is 0.0585. The summed E-state index contributed by atoms with van der Waals surface area (Å²) in [4.78, 5) is 21.1. The minimum Gasteiger partial charge on any atom is -0.299 e. The number of rotatable bonds is 2. The molecule has 3 heterocycles. The van der Waals surface area contributed by atoms with E-state index in [0.717, 1.165) is 16.7 Å². The summed E-state index contributed by atoms with van der Waals surface area (Å²) < 4.78 is 3.57. The van der Waals surface area contributed by atoms with Gasteiger partial charge in [-0.05, 0) is 24.3 Å². The zero-order chi connectivity index (χ0) is 14.2. The maximum atomic E-state index is 12.7. The van der Waals surface area contributed by atoms with Gasteiger partial charge in [-0.25, -0.2) is 4.98 Å². The lowest BCUT2D eigenvalue weighted by atomic mass is 10.2. The molecule has 1 aromatic carbocycles. The molecule has 0 saturated heterocycles. The molecule has 5 nitrogen and oxygen atoms in total. The molecule has 21 heavy (non-hydrogen) atoms. The van der Waals surface area contributed by atoms with Gasteiger partial charge in [0.1, 0.15) is 5.52 Å². The van der Waals surface area contributed by atoms with Crippen molar-refractivity contribution in [1.29, 1.82) is 0 Å². The molecule has 0 aliphatic heterocycles. The van der Waals surface area contributed by atoms with Gasteiger partial charge in [0, 0.05) is 6.20 Å². The zero-order valence-electron chi connectivity index (χ0n) is 11.2. The van der Waals surface area contributed by atoms with E-state index in [1.807, 2.05) is 46.9 Å². The molecule has 0 unspecified atom stereocenters. The number of hydrogen-bond acceptors (Lipinski definition) is 3. The molecule has 4 rings (SSSR count). The minimum atomic E-state index is -0.0585. The maximum Gasteiger partial charge on any atom is 0.277 e. The van der Waals surface area contributed by atoms with Gasteiger partial charge in [0.25, 0.3) is 5.56 Å². The second-order valence-corrected chi connectivity index (χ2v) is 4.85. The molecule has 0 atom stereocenters. The van der Waals surface area contributed by atoms with Crippen molar-refractivity contribution in [3.63, 3.8) is 0 Å². The van der Waals surface area contributed by atoms with Crippen LogP contribution in [-0.4, -0.2) is 18.9 Å². The highest BCUT2D eigenvalue weighted by atomic mass is 16.1. The van der Waals surface area contributed by atoms with Gasteiger partial charge in [-0.1, -0.05) is 18.2 Å². The molecule has 5 heteroatoms. The quantitative estimate of drug-likeness (QED) is 0.563. The molecule has 4 aromatic rings. The Bertz CT molecular complexity index is 985. The topological polar surface area (TPSA) is 52.2 Å². The van der Waals surface area contributed by atoms with Crippen LogP contribution in [0.3, 0.4) is 0 Å². The van der Waals surface area contributed by atoms with E-state index in [4.69, 9.17) is 0 Å². The Balaban J connectivity index is 2.06. The number of pyridine rings is 1. The van der Waals surface area contributed by atoms with Gasteiger partial charge in [0.2, 0.25) is 0 Å². The van der Waals surface area contributed by atoms with E-state index in [0.29, 0.717) is 12.1 Å². The second kappa shape index (κ2) is 4.56. The SMILES string of the molecule is O=c1c2cncn2c2ccccc2n1Cc1ccccn1. The van der Waals surface area contributed by atoms with Crippen molar-refractivity contribution < 1.29 is 0 Å². The largest absolute Gasteiger partial charge is 0.299 e. The summed E-state index contributed by atoms with van der Waals surface area (Å²) in [6, 6.07) is 13.5. The van der Waals surface area contributed by atoms with Gasteiger partial charge in [0.05, 0.1) is 35.8 Å². The average molecular weight is 276 g/mol. The van der Waals surface area contributed by atoms with Crippen LogP contribution < -0.4 is 5.56 Å². The smallest absolute Gasteiger partial charge is 0.277 e. The van der Waals surface area contributed by atoms with Crippen LogP contribution >= 0.6 is 0 Å². The summed E-state index contributed by atoms with van der Waals surface area (Å²) in [6.45, 7) is 0.446. The standard InChI is InChI=1S/C16H12N4O/c21-16-15-9-17-11-20(15)14-7-2-1-6-13(14)19(16)10-12-5-3-4-8-18-12/h1-9,11H,10H2. The van der Waals surface area contributed by atoms with Gasteiger partial charge in [0.15, 0.2) is 0 Å². The molecule has 0 radical (unpaired) electrons. The molecular formula is C16H12N4O. The summed E-state index contributed by atoms with van der Waals surface area (Å²) in [6.07, 6.45) is 5.01.